The average Bonchev–Trinajstić information content (AvgIpc) is 2.39. The van der Waals surface area contributed by atoms with Gasteiger partial charge in [0.15, 0.2) is 0 Å². The Labute approximate surface area is 109 Å². The lowest BCUT2D eigenvalue weighted by Crippen LogP contribution is -2.21. The van der Waals surface area contributed by atoms with E-state index in [1.54, 1.807) is 0 Å². The van der Waals surface area contributed by atoms with Crippen molar-refractivity contribution in [3.63, 3.8) is 0 Å². The van der Waals surface area contributed by atoms with Crippen LogP contribution in [0.3, 0.4) is 0 Å². The first-order valence-electron chi connectivity index (χ1n) is 6.57. The lowest BCUT2D eigenvalue weighted by molar-refractivity contribution is 0.534. The van der Waals surface area contributed by atoms with Crippen LogP contribution in [0.4, 0.5) is 0 Å². The quantitative estimate of drug-likeness (QED) is 0.842. The third-order valence-electron chi connectivity index (χ3n) is 3.45. The molecule has 1 atom stereocenters. The van der Waals surface area contributed by atoms with E-state index in [1.807, 2.05) is 14.1 Å². The van der Waals surface area contributed by atoms with Crippen molar-refractivity contribution in [2.24, 2.45) is 0 Å². The normalized spacial score (nSPS) is 12.8. The fourth-order valence-corrected chi connectivity index (χ4v) is 2.37. The highest BCUT2D eigenvalue weighted by Gasteiger charge is 2.08. The van der Waals surface area contributed by atoms with Crippen LogP contribution in [0.25, 0.3) is 10.8 Å². The first kappa shape index (κ1) is 13.1. The smallest absolute Gasteiger partial charge is 0.0329 e. The van der Waals surface area contributed by atoms with Crippen LogP contribution in [0.5, 0.6) is 0 Å². The topological polar surface area (TPSA) is 24.1 Å². The summed E-state index contributed by atoms with van der Waals surface area (Å²) in [7, 11) is 4.02. The van der Waals surface area contributed by atoms with Gasteiger partial charge in [-0.3, -0.25) is 0 Å². The van der Waals surface area contributed by atoms with Crippen LogP contribution in [0.1, 0.15) is 23.6 Å². The van der Waals surface area contributed by atoms with Crippen molar-refractivity contribution in [2.75, 3.05) is 20.6 Å². The maximum absolute atomic E-state index is 3.39. The second kappa shape index (κ2) is 5.98. The second-order valence-electron chi connectivity index (χ2n) is 4.84. The molecular weight excluding hydrogens is 220 g/mol. The lowest BCUT2D eigenvalue weighted by Gasteiger charge is -2.17. The molecule has 96 valence electrons. The molecule has 0 radical (unpaired) electrons. The summed E-state index contributed by atoms with van der Waals surface area (Å²) in [6, 6.07) is 13.8. The molecule has 18 heavy (non-hydrogen) atoms. The first-order chi connectivity index (χ1) is 8.74. The Morgan fingerprint density at radius 3 is 2.44 bits per heavy atom. The van der Waals surface area contributed by atoms with Gasteiger partial charge in [-0.25, -0.2) is 0 Å². The van der Waals surface area contributed by atoms with Gasteiger partial charge >= 0.3 is 0 Å². The van der Waals surface area contributed by atoms with Crippen LogP contribution in [-0.4, -0.2) is 20.6 Å². The van der Waals surface area contributed by atoms with Crippen molar-refractivity contribution in [1.82, 2.24) is 10.6 Å². The molecule has 2 aromatic rings. The summed E-state index contributed by atoms with van der Waals surface area (Å²) in [6.07, 6.45) is 1.10. The number of hydrogen-bond acceptors (Lipinski definition) is 2. The van der Waals surface area contributed by atoms with Crippen molar-refractivity contribution in [3.05, 3.63) is 47.5 Å². The molecule has 0 heterocycles. The van der Waals surface area contributed by atoms with E-state index >= 15 is 0 Å². The van der Waals surface area contributed by atoms with Gasteiger partial charge in [-0.2, -0.15) is 0 Å². The van der Waals surface area contributed by atoms with Gasteiger partial charge in [-0.15, -0.1) is 0 Å². The minimum absolute atomic E-state index is 0.420. The Bertz CT molecular complexity index is 519. The molecule has 0 fully saturated rings. The summed E-state index contributed by atoms with van der Waals surface area (Å²) in [5, 5.41) is 9.24. The Hall–Kier alpha value is -1.38. The monoisotopic (exact) mass is 242 g/mol. The Balaban J connectivity index is 2.30. The van der Waals surface area contributed by atoms with Gasteiger partial charge in [0.2, 0.25) is 0 Å². The zero-order valence-corrected chi connectivity index (χ0v) is 11.5. The van der Waals surface area contributed by atoms with E-state index in [2.05, 4.69) is 54.0 Å². The molecule has 0 saturated carbocycles. The molecular formula is C16H22N2. The molecule has 0 aromatic heterocycles. The summed E-state index contributed by atoms with van der Waals surface area (Å²) >= 11 is 0. The van der Waals surface area contributed by atoms with E-state index in [0.717, 1.165) is 13.0 Å². The second-order valence-corrected chi connectivity index (χ2v) is 4.84. The van der Waals surface area contributed by atoms with Crippen LogP contribution in [-0.2, 0) is 0 Å². The molecule has 0 spiro atoms. The molecule has 2 nitrogen and oxygen atoms in total. The average molecular weight is 242 g/mol. The Morgan fingerprint density at radius 2 is 1.72 bits per heavy atom. The molecule has 0 saturated heterocycles. The summed E-state index contributed by atoms with van der Waals surface area (Å²) in [5.41, 5.74) is 2.68. The van der Waals surface area contributed by atoms with Gasteiger partial charge in [-0.05, 0) is 56.4 Å². The molecule has 2 rings (SSSR count). The van der Waals surface area contributed by atoms with E-state index in [4.69, 9.17) is 0 Å². The first-order valence-corrected chi connectivity index (χ1v) is 6.57. The fourth-order valence-electron chi connectivity index (χ4n) is 2.37. The highest BCUT2D eigenvalue weighted by Crippen LogP contribution is 2.23. The van der Waals surface area contributed by atoms with Crippen LogP contribution in [0, 0.1) is 6.92 Å². The number of nitrogens with one attached hydrogen (secondary N) is 2. The maximum Gasteiger partial charge on any atom is 0.0329 e. The molecule has 0 aliphatic carbocycles. The molecule has 2 heteroatoms. The van der Waals surface area contributed by atoms with Crippen LogP contribution >= 0.6 is 0 Å². The summed E-state index contributed by atoms with van der Waals surface area (Å²) in [4.78, 5) is 0. The van der Waals surface area contributed by atoms with Crippen molar-refractivity contribution in [3.8, 4) is 0 Å². The van der Waals surface area contributed by atoms with Crippen LogP contribution < -0.4 is 10.6 Å². The minimum atomic E-state index is 0.420. The number of rotatable bonds is 5. The van der Waals surface area contributed by atoms with Crippen molar-refractivity contribution in [1.29, 1.82) is 0 Å². The molecule has 0 bridgehead atoms. The summed E-state index contributed by atoms with van der Waals surface area (Å²) in [5.74, 6) is 0. The molecule has 0 aliphatic heterocycles. The molecule has 2 aromatic carbocycles. The van der Waals surface area contributed by atoms with Gasteiger partial charge < -0.3 is 10.6 Å². The van der Waals surface area contributed by atoms with Gasteiger partial charge in [0.1, 0.15) is 0 Å². The zero-order chi connectivity index (χ0) is 13.0. The number of hydrogen-bond donors (Lipinski definition) is 2. The highest BCUT2D eigenvalue weighted by atomic mass is 14.9. The Kier molecular flexibility index (Phi) is 4.34. The lowest BCUT2D eigenvalue weighted by atomic mass is 9.99. The van der Waals surface area contributed by atoms with Crippen molar-refractivity contribution in [2.45, 2.75) is 19.4 Å². The van der Waals surface area contributed by atoms with E-state index < -0.39 is 0 Å². The predicted molar refractivity (Wildman–Crippen MR) is 79.0 cm³/mol. The standard InChI is InChI=1S/C16H22N2/c1-12-4-5-14-11-15(7-6-13(14)10-12)16(18-3)8-9-17-2/h4-7,10-11,16-18H,8-9H2,1-3H3. The number of fused-ring (bicyclic) bond motifs is 1. The molecule has 1 unspecified atom stereocenters. The predicted octanol–water partition coefficient (Wildman–Crippen LogP) is 3.02. The largest absolute Gasteiger partial charge is 0.320 e. The van der Waals surface area contributed by atoms with Gasteiger partial charge in [0, 0.05) is 6.04 Å². The minimum Gasteiger partial charge on any atom is -0.320 e. The fraction of sp³-hybridized carbons (Fsp3) is 0.375. The van der Waals surface area contributed by atoms with Gasteiger partial charge in [-0.1, -0.05) is 35.9 Å². The van der Waals surface area contributed by atoms with E-state index in [-0.39, 0.29) is 0 Å². The van der Waals surface area contributed by atoms with Crippen LogP contribution in [0.15, 0.2) is 36.4 Å². The molecule has 0 amide bonds. The zero-order valence-electron chi connectivity index (χ0n) is 11.5. The van der Waals surface area contributed by atoms with E-state index in [1.165, 1.54) is 21.9 Å². The van der Waals surface area contributed by atoms with Crippen molar-refractivity contribution < 1.29 is 0 Å². The summed E-state index contributed by atoms with van der Waals surface area (Å²) < 4.78 is 0. The SMILES string of the molecule is CNCCC(NC)c1ccc2cc(C)ccc2c1. The van der Waals surface area contributed by atoms with E-state index in [9.17, 15) is 0 Å². The third kappa shape index (κ3) is 2.89. The van der Waals surface area contributed by atoms with Gasteiger partial charge in [0.25, 0.3) is 0 Å². The number of benzene rings is 2. The number of aryl methyl sites for hydroxylation is 1. The third-order valence-corrected chi connectivity index (χ3v) is 3.45. The van der Waals surface area contributed by atoms with Crippen LogP contribution in [0.2, 0.25) is 0 Å². The van der Waals surface area contributed by atoms with E-state index in [0.29, 0.717) is 6.04 Å². The molecule has 0 aliphatic rings. The van der Waals surface area contributed by atoms with Crippen molar-refractivity contribution >= 4 is 10.8 Å². The summed E-state index contributed by atoms with van der Waals surface area (Å²) in [6.45, 7) is 3.16. The Morgan fingerprint density at radius 1 is 1.00 bits per heavy atom. The molecule has 2 N–H and O–H groups in total. The highest BCUT2D eigenvalue weighted by molar-refractivity contribution is 5.83. The van der Waals surface area contributed by atoms with Gasteiger partial charge in [0.05, 0.1) is 0 Å². The maximum atomic E-state index is 3.39.